The van der Waals surface area contributed by atoms with E-state index in [4.69, 9.17) is 11.6 Å². The molecule has 33 heavy (non-hydrogen) atoms. The summed E-state index contributed by atoms with van der Waals surface area (Å²) in [5.41, 5.74) is 2.27. The van der Waals surface area contributed by atoms with Crippen molar-refractivity contribution in [2.45, 2.75) is 40.2 Å². The molecule has 0 fully saturated rings. The average Bonchev–Trinajstić information content (AvgIpc) is 2.78. The van der Waals surface area contributed by atoms with Gasteiger partial charge in [0.15, 0.2) is 0 Å². The fourth-order valence-corrected chi connectivity index (χ4v) is 3.39. The molecule has 2 amide bonds. The second kappa shape index (κ2) is 10.4. The monoisotopic (exact) mass is 466 g/mol. The van der Waals surface area contributed by atoms with Crippen LogP contribution in [0.4, 0.5) is 11.4 Å². The van der Waals surface area contributed by atoms with Gasteiger partial charge in [0, 0.05) is 11.5 Å². The number of hydrogen-bond donors (Lipinski definition) is 2. The fourth-order valence-electron chi connectivity index (χ4n) is 3.20. The first-order valence-corrected chi connectivity index (χ1v) is 11.2. The minimum Gasteiger partial charge on any atom is -0.323 e. The molecule has 1 atom stereocenters. The summed E-state index contributed by atoms with van der Waals surface area (Å²) >= 11 is 6.18. The van der Waals surface area contributed by atoms with Crippen LogP contribution in [0.5, 0.6) is 0 Å². The highest BCUT2D eigenvalue weighted by atomic mass is 35.5. The maximum absolute atomic E-state index is 13.3. The zero-order chi connectivity index (χ0) is 24.1. The van der Waals surface area contributed by atoms with E-state index < -0.39 is 17.5 Å². The van der Waals surface area contributed by atoms with Crippen LogP contribution < -0.4 is 16.2 Å². The van der Waals surface area contributed by atoms with Crippen molar-refractivity contribution >= 4 is 34.8 Å². The van der Waals surface area contributed by atoms with Crippen LogP contribution in [0.1, 0.15) is 38.8 Å². The predicted octanol–water partition coefficient (Wildman–Crippen LogP) is 5.06. The molecule has 172 valence electrons. The van der Waals surface area contributed by atoms with E-state index >= 15 is 0 Å². The number of anilines is 2. The number of benzene rings is 2. The lowest BCUT2D eigenvalue weighted by atomic mass is 10.1. The van der Waals surface area contributed by atoms with Crippen LogP contribution >= 0.6 is 11.6 Å². The summed E-state index contributed by atoms with van der Waals surface area (Å²) in [6.45, 7) is 7.23. The Morgan fingerprint density at radius 2 is 1.64 bits per heavy atom. The number of aromatic nitrogens is 2. The lowest BCUT2D eigenvalue weighted by Crippen LogP contribution is -2.37. The first kappa shape index (κ1) is 24.2. The molecule has 0 aliphatic carbocycles. The lowest BCUT2D eigenvalue weighted by Gasteiger charge is -2.20. The lowest BCUT2D eigenvalue weighted by molar-refractivity contribution is -0.120. The van der Waals surface area contributed by atoms with Crippen molar-refractivity contribution in [2.24, 2.45) is 5.92 Å². The third kappa shape index (κ3) is 5.68. The van der Waals surface area contributed by atoms with Gasteiger partial charge in [0.1, 0.15) is 11.7 Å². The Labute approximate surface area is 197 Å². The molecule has 2 aromatic carbocycles. The highest BCUT2D eigenvalue weighted by Crippen LogP contribution is 2.24. The SMILES string of the molecule is CCC(C(=O)Nc1ccccc1Cl)n1nc(-c2ccc(C)cc2)cc(NC(=O)C(C)C)c1=O. The first-order chi connectivity index (χ1) is 15.7. The Morgan fingerprint density at radius 3 is 2.24 bits per heavy atom. The van der Waals surface area contributed by atoms with E-state index in [1.54, 1.807) is 51.1 Å². The molecule has 1 unspecified atom stereocenters. The predicted molar refractivity (Wildman–Crippen MR) is 132 cm³/mol. The van der Waals surface area contributed by atoms with Crippen LogP contribution in [0, 0.1) is 12.8 Å². The van der Waals surface area contributed by atoms with Crippen molar-refractivity contribution in [3.8, 4) is 11.3 Å². The van der Waals surface area contributed by atoms with Crippen molar-refractivity contribution in [3.05, 3.63) is 75.5 Å². The third-order valence-corrected chi connectivity index (χ3v) is 5.51. The number of carbonyl (C=O) groups is 2. The minimum absolute atomic E-state index is 0.0725. The summed E-state index contributed by atoms with van der Waals surface area (Å²) in [5.74, 6) is -1.05. The molecule has 0 saturated carbocycles. The van der Waals surface area contributed by atoms with Gasteiger partial charge in [-0.15, -0.1) is 0 Å². The molecular formula is C25H27ClN4O3. The minimum atomic E-state index is -0.908. The van der Waals surface area contributed by atoms with Gasteiger partial charge in [-0.05, 0) is 31.5 Å². The van der Waals surface area contributed by atoms with E-state index in [-0.39, 0.29) is 17.5 Å². The van der Waals surface area contributed by atoms with Crippen LogP contribution in [-0.4, -0.2) is 21.6 Å². The maximum Gasteiger partial charge on any atom is 0.291 e. The van der Waals surface area contributed by atoms with Gasteiger partial charge >= 0.3 is 0 Å². The van der Waals surface area contributed by atoms with Crippen molar-refractivity contribution in [1.82, 2.24) is 9.78 Å². The number of nitrogens with zero attached hydrogens (tertiary/aromatic N) is 2. The van der Waals surface area contributed by atoms with E-state index in [1.807, 2.05) is 31.2 Å². The van der Waals surface area contributed by atoms with Gasteiger partial charge in [-0.25, -0.2) is 4.68 Å². The molecule has 7 nitrogen and oxygen atoms in total. The summed E-state index contributed by atoms with van der Waals surface area (Å²) in [6, 6.07) is 15.1. The average molecular weight is 467 g/mol. The zero-order valence-electron chi connectivity index (χ0n) is 19.1. The molecule has 0 radical (unpaired) electrons. The zero-order valence-corrected chi connectivity index (χ0v) is 19.8. The Morgan fingerprint density at radius 1 is 1.00 bits per heavy atom. The molecule has 8 heteroatoms. The molecule has 0 spiro atoms. The van der Waals surface area contributed by atoms with Crippen LogP contribution in [0.15, 0.2) is 59.4 Å². The number of carbonyl (C=O) groups excluding carboxylic acids is 2. The van der Waals surface area contributed by atoms with Gasteiger partial charge < -0.3 is 10.6 Å². The molecule has 0 aliphatic rings. The Balaban J connectivity index is 2.08. The number of aryl methyl sites for hydroxylation is 1. The Hall–Kier alpha value is -3.45. The van der Waals surface area contributed by atoms with Gasteiger partial charge in [-0.2, -0.15) is 5.10 Å². The van der Waals surface area contributed by atoms with Gasteiger partial charge in [0.2, 0.25) is 11.8 Å². The number of rotatable bonds is 7. The third-order valence-electron chi connectivity index (χ3n) is 5.18. The van der Waals surface area contributed by atoms with E-state index in [2.05, 4.69) is 15.7 Å². The van der Waals surface area contributed by atoms with Crippen LogP contribution in [0.25, 0.3) is 11.3 Å². The van der Waals surface area contributed by atoms with E-state index in [0.717, 1.165) is 15.8 Å². The summed E-state index contributed by atoms with van der Waals surface area (Å²) in [5, 5.41) is 10.3. The highest BCUT2D eigenvalue weighted by Gasteiger charge is 2.25. The molecule has 3 aromatic rings. The van der Waals surface area contributed by atoms with Crippen LogP contribution in [0.3, 0.4) is 0 Å². The van der Waals surface area contributed by atoms with Crippen LogP contribution in [-0.2, 0) is 9.59 Å². The van der Waals surface area contributed by atoms with Crippen molar-refractivity contribution < 1.29 is 9.59 Å². The normalized spacial score (nSPS) is 11.8. The highest BCUT2D eigenvalue weighted by molar-refractivity contribution is 6.33. The largest absolute Gasteiger partial charge is 0.323 e. The number of para-hydroxylation sites is 1. The van der Waals surface area contributed by atoms with Crippen molar-refractivity contribution in [3.63, 3.8) is 0 Å². The number of nitrogens with one attached hydrogen (secondary N) is 2. The number of halogens is 1. The molecule has 0 aliphatic heterocycles. The summed E-state index contributed by atoms with van der Waals surface area (Å²) in [7, 11) is 0. The second-order valence-electron chi connectivity index (χ2n) is 8.10. The smallest absolute Gasteiger partial charge is 0.291 e. The van der Waals surface area contributed by atoms with Crippen molar-refractivity contribution in [1.29, 1.82) is 0 Å². The van der Waals surface area contributed by atoms with Gasteiger partial charge in [0.25, 0.3) is 5.56 Å². The Bertz CT molecular complexity index is 1220. The topological polar surface area (TPSA) is 93.1 Å². The van der Waals surface area contributed by atoms with E-state index in [1.165, 1.54) is 0 Å². The standard InChI is InChI=1S/C25H27ClN4O3/c1-5-22(24(32)27-19-9-7-6-8-18(19)26)30-25(33)21(28-23(31)15(2)3)14-20(29-30)17-12-10-16(4)11-13-17/h6-15,22H,5H2,1-4H3,(H,27,32)(H,28,31). The molecule has 3 rings (SSSR count). The van der Waals surface area contributed by atoms with Crippen LogP contribution in [0.2, 0.25) is 5.02 Å². The molecule has 2 N–H and O–H groups in total. The van der Waals surface area contributed by atoms with Crippen molar-refractivity contribution in [2.75, 3.05) is 10.6 Å². The maximum atomic E-state index is 13.3. The summed E-state index contributed by atoms with van der Waals surface area (Å²) in [4.78, 5) is 38.7. The summed E-state index contributed by atoms with van der Waals surface area (Å²) < 4.78 is 1.14. The number of amides is 2. The number of hydrogen-bond acceptors (Lipinski definition) is 4. The summed E-state index contributed by atoms with van der Waals surface area (Å²) in [6.07, 6.45) is 0.304. The molecule has 1 aromatic heterocycles. The fraction of sp³-hybridized carbons (Fsp3) is 0.280. The molecular weight excluding hydrogens is 440 g/mol. The molecule has 0 bridgehead atoms. The first-order valence-electron chi connectivity index (χ1n) is 10.8. The molecule has 1 heterocycles. The Kier molecular flexibility index (Phi) is 7.66. The quantitative estimate of drug-likeness (QED) is 0.509. The van der Waals surface area contributed by atoms with E-state index in [9.17, 15) is 14.4 Å². The second-order valence-corrected chi connectivity index (χ2v) is 8.50. The van der Waals surface area contributed by atoms with E-state index in [0.29, 0.717) is 22.8 Å². The van der Waals surface area contributed by atoms with Gasteiger partial charge in [0.05, 0.1) is 16.4 Å². The van der Waals surface area contributed by atoms with Gasteiger partial charge in [-0.3, -0.25) is 14.4 Å². The van der Waals surface area contributed by atoms with Gasteiger partial charge in [-0.1, -0.05) is 74.3 Å². The molecule has 0 saturated heterocycles.